The minimum Gasteiger partial charge on any atom is -0.497 e. The van der Waals surface area contributed by atoms with Crippen LogP contribution in [0, 0.1) is 6.92 Å². The first-order valence-corrected chi connectivity index (χ1v) is 9.45. The fraction of sp³-hybridized carbons (Fsp3) is 0.286. The van der Waals surface area contributed by atoms with Crippen molar-refractivity contribution < 1.29 is 18.8 Å². The molecular weight excluding hydrogens is 386 g/mol. The third-order valence-electron chi connectivity index (χ3n) is 4.55. The summed E-state index contributed by atoms with van der Waals surface area (Å²) in [6.45, 7) is 5.70. The third kappa shape index (κ3) is 3.73. The maximum Gasteiger partial charge on any atom is 0.339 e. The van der Waals surface area contributed by atoms with E-state index in [0.717, 1.165) is 11.3 Å². The number of benzene rings is 1. The molecule has 0 aliphatic rings. The lowest BCUT2D eigenvalue weighted by Crippen LogP contribution is -2.08. The van der Waals surface area contributed by atoms with E-state index in [1.165, 1.54) is 0 Å². The van der Waals surface area contributed by atoms with Crippen LogP contribution in [-0.4, -0.2) is 38.0 Å². The number of hydrogen-bond acceptors (Lipinski definition) is 8. The summed E-state index contributed by atoms with van der Waals surface area (Å²) in [5.41, 5.74) is 2.52. The average molecular weight is 407 g/mol. The lowest BCUT2D eigenvalue weighted by molar-refractivity contribution is 0.0432. The highest BCUT2D eigenvalue weighted by Crippen LogP contribution is 2.23. The summed E-state index contributed by atoms with van der Waals surface area (Å²) >= 11 is 0. The lowest BCUT2D eigenvalue weighted by Gasteiger charge is -2.08. The van der Waals surface area contributed by atoms with Crippen molar-refractivity contribution in [1.82, 2.24) is 24.9 Å². The van der Waals surface area contributed by atoms with E-state index in [9.17, 15) is 4.79 Å². The number of fused-ring (bicyclic) bond motifs is 1. The maximum atomic E-state index is 12.7. The molecule has 3 aromatic heterocycles. The van der Waals surface area contributed by atoms with Gasteiger partial charge in [0.05, 0.1) is 24.3 Å². The molecule has 0 unspecified atom stereocenters. The lowest BCUT2D eigenvalue weighted by atomic mass is 10.1. The molecule has 0 atom stereocenters. The van der Waals surface area contributed by atoms with Gasteiger partial charge in [0.15, 0.2) is 12.3 Å². The molecule has 0 bridgehead atoms. The van der Waals surface area contributed by atoms with Gasteiger partial charge in [-0.15, -0.1) is 0 Å². The van der Waals surface area contributed by atoms with Crippen LogP contribution in [0.2, 0.25) is 0 Å². The number of ether oxygens (including phenoxy) is 2. The van der Waals surface area contributed by atoms with Crippen LogP contribution in [0.3, 0.4) is 0 Å². The molecule has 0 radical (unpaired) electrons. The van der Waals surface area contributed by atoms with Crippen molar-refractivity contribution >= 4 is 17.0 Å². The first kappa shape index (κ1) is 19.6. The maximum absolute atomic E-state index is 12.7. The predicted octanol–water partition coefficient (Wildman–Crippen LogP) is 3.74. The van der Waals surface area contributed by atoms with Gasteiger partial charge in [-0.3, -0.25) is 0 Å². The smallest absolute Gasteiger partial charge is 0.339 e. The second-order valence-electron chi connectivity index (χ2n) is 7.05. The Balaban J connectivity index is 1.51. The summed E-state index contributed by atoms with van der Waals surface area (Å²) in [6.07, 6.45) is 1.63. The van der Waals surface area contributed by atoms with Gasteiger partial charge in [0, 0.05) is 17.3 Å². The van der Waals surface area contributed by atoms with E-state index >= 15 is 0 Å². The molecule has 0 aliphatic carbocycles. The zero-order chi connectivity index (χ0) is 21.3. The molecule has 0 N–H and O–H groups in total. The number of aryl methyl sites for hydroxylation is 1. The van der Waals surface area contributed by atoms with Gasteiger partial charge in [0.2, 0.25) is 5.82 Å². The Kier molecular flexibility index (Phi) is 5.18. The highest BCUT2D eigenvalue weighted by Gasteiger charge is 2.19. The normalized spacial score (nSPS) is 11.2. The number of nitrogens with zero attached hydrogens (tertiary/aromatic N) is 5. The molecular formula is C21H21N5O4. The molecule has 0 amide bonds. The molecule has 30 heavy (non-hydrogen) atoms. The van der Waals surface area contributed by atoms with Crippen molar-refractivity contribution in [3.05, 3.63) is 53.7 Å². The van der Waals surface area contributed by atoms with Gasteiger partial charge in [-0.2, -0.15) is 10.1 Å². The van der Waals surface area contributed by atoms with E-state index in [1.807, 2.05) is 32.9 Å². The van der Waals surface area contributed by atoms with Crippen molar-refractivity contribution in [1.29, 1.82) is 0 Å². The van der Waals surface area contributed by atoms with Crippen LogP contribution in [0.5, 0.6) is 5.75 Å². The monoisotopic (exact) mass is 407 g/mol. The minimum atomic E-state index is -0.502. The van der Waals surface area contributed by atoms with Gasteiger partial charge >= 0.3 is 5.97 Å². The number of carbonyl (C=O) groups is 1. The summed E-state index contributed by atoms with van der Waals surface area (Å²) < 4.78 is 17.5. The molecule has 154 valence electrons. The number of hydrogen-bond donors (Lipinski definition) is 0. The SMILES string of the molecule is COc1ccc(-c2noc(COC(=O)c3cc(C)nc4c3cnn4C(C)C)n2)cc1. The van der Waals surface area contributed by atoms with Crippen molar-refractivity contribution in [3.63, 3.8) is 0 Å². The number of pyridine rings is 1. The molecule has 0 fully saturated rings. The Bertz CT molecular complexity index is 1190. The Morgan fingerprint density at radius 3 is 2.67 bits per heavy atom. The number of methoxy groups -OCH3 is 1. The van der Waals surface area contributed by atoms with Crippen LogP contribution in [0.15, 0.2) is 41.1 Å². The Labute approximate surface area is 172 Å². The molecule has 9 nitrogen and oxygen atoms in total. The Morgan fingerprint density at radius 1 is 1.20 bits per heavy atom. The van der Waals surface area contributed by atoms with Crippen LogP contribution in [0.25, 0.3) is 22.4 Å². The van der Waals surface area contributed by atoms with E-state index < -0.39 is 5.97 Å². The van der Waals surface area contributed by atoms with Crippen molar-refractivity contribution in [3.8, 4) is 17.1 Å². The van der Waals surface area contributed by atoms with Gasteiger partial charge in [0.25, 0.3) is 5.89 Å². The van der Waals surface area contributed by atoms with E-state index in [4.69, 9.17) is 14.0 Å². The van der Waals surface area contributed by atoms with Crippen LogP contribution in [0.4, 0.5) is 0 Å². The fourth-order valence-electron chi connectivity index (χ4n) is 3.07. The number of rotatable bonds is 6. The van der Waals surface area contributed by atoms with Crippen molar-refractivity contribution in [2.24, 2.45) is 0 Å². The van der Waals surface area contributed by atoms with Crippen molar-refractivity contribution in [2.45, 2.75) is 33.4 Å². The van der Waals surface area contributed by atoms with E-state index in [0.29, 0.717) is 28.1 Å². The van der Waals surface area contributed by atoms with Crippen molar-refractivity contribution in [2.75, 3.05) is 7.11 Å². The topological polar surface area (TPSA) is 105 Å². The fourth-order valence-corrected chi connectivity index (χ4v) is 3.07. The summed E-state index contributed by atoms with van der Waals surface area (Å²) in [7, 11) is 1.60. The van der Waals surface area contributed by atoms with Crippen LogP contribution < -0.4 is 4.74 Å². The van der Waals surface area contributed by atoms with Gasteiger partial charge in [0.1, 0.15) is 5.75 Å². The van der Waals surface area contributed by atoms with Crippen LogP contribution >= 0.6 is 0 Å². The standard InChI is InChI=1S/C21H21N5O4/c1-12(2)26-20-17(10-22-26)16(9-13(3)23-20)21(27)29-11-18-24-19(25-30-18)14-5-7-15(28-4)8-6-14/h5-10,12H,11H2,1-4H3. The molecule has 4 rings (SSSR count). The molecule has 1 aromatic carbocycles. The zero-order valence-electron chi connectivity index (χ0n) is 17.1. The molecule has 9 heteroatoms. The van der Waals surface area contributed by atoms with Gasteiger partial charge in [-0.05, 0) is 51.1 Å². The molecule has 4 aromatic rings. The average Bonchev–Trinajstić information content (AvgIpc) is 3.38. The zero-order valence-corrected chi connectivity index (χ0v) is 17.1. The summed E-state index contributed by atoms with van der Waals surface area (Å²) in [5, 5.41) is 8.92. The van der Waals surface area contributed by atoms with Gasteiger partial charge in [-0.25, -0.2) is 14.5 Å². The van der Waals surface area contributed by atoms with Crippen LogP contribution in [-0.2, 0) is 11.3 Å². The predicted molar refractivity (Wildman–Crippen MR) is 108 cm³/mol. The van der Waals surface area contributed by atoms with E-state index in [2.05, 4.69) is 20.2 Å². The van der Waals surface area contributed by atoms with Gasteiger partial charge in [-0.1, -0.05) is 5.16 Å². The summed E-state index contributed by atoms with van der Waals surface area (Å²) in [4.78, 5) is 21.5. The minimum absolute atomic E-state index is 0.121. The molecule has 3 heterocycles. The number of esters is 1. The third-order valence-corrected chi connectivity index (χ3v) is 4.55. The largest absolute Gasteiger partial charge is 0.497 e. The summed E-state index contributed by atoms with van der Waals surface area (Å²) in [6, 6.07) is 9.06. The Hall–Kier alpha value is -3.75. The number of aromatic nitrogens is 5. The highest BCUT2D eigenvalue weighted by molar-refractivity contribution is 6.02. The quantitative estimate of drug-likeness (QED) is 0.445. The van der Waals surface area contributed by atoms with Crippen LogP contribution in [0.1, 0.15) is 41.8 Å². The first-order chi connectivity index (χ1) is 14.5. The molecule has 0 aliphatic heterocycles. The van der Waals surface area contributed by atoms with Gasteiger partial charge < -0.3 is 14.0 Å². The highest BCUT2D eigenvalue weighted by atomic mass is 16.6. The molecule has 0 saturated carbocycles. The second-order valence-corrected chi connectivity index (χ2v) is 7.05. The molecule has 0 saturated heterocycles. The second kappa shape index (κ2) is 7.94. The Morgan fingerprint density at radius 2 is 1.97 bits per heavy atom. The van der Waals surface area contributed by atoms with E-state index in [1.54, 1.807) is 36.2 Å². The molecule has 0 spiro atoms. The first-order valence-electron chi connectivity index (χ1n) is 9.45. The summed E-state index contributed by atoms with van der Waals surface area (Å²) in [5.74, 6) is 0.840. The number of carbonyl (C=O) groups excluding carboxylic acids is 1. The van der Waals surface area contributed by atoms with E-state index in [-0.39, 0.29) is 18.5 Å².